The van der Waals surface area contributed by atoms with Crippen molar-refractivity contribution >= 4 is 11.5 Å². The second-order valence-corrected chi connectivity index (χ2v) is 3.15. The molecular weight excluding hydrogens is 216 g/mol. The molecule has 0 aliphatic rings. The summed E-state index contributed by atoms with van der Waals surface area (Å²) in [6, 6.07) is 4.53. The molecule has 84 valence electrons. The highest BCUT2D eigenvalue weighted by Gasteiger charge is 2.24. The third-order valence-electron chi connectivity index (χ3n) is 2.20. The van der Waals surface area contributed by atoms with Crippen molar-refractivity contribution in [3.05, 3.63) is 41.7 Å². The SMILES string of the molecule is CCOC(=O)c1c(F)c(F)c2ccccn12. The van der Waals surface area contributed by atoms with Crippen molar-refractivity contribution < 1.29 is 18.3 Å². The van der Waals surface area contributed by atoms with Gasteiger partial charge in [-0.3, -0.25) is 0 Å². The molecule has 2 aromatic rings. The van der Waals surface area contributed by atoms with Crippen LogP contribution in [-0.4, -0.2) is 17.0 Å². The summed E-state index contributed by atoms with van der Waals surface area (Å²) in [6.45, 7) is 1.71. The van der Waals surface area contributed by atoms with Crippen molar-refractivity contribution in [2.75, 3.05) is 6.61 Å². The second kappa shape index (κ2) is 3.92. The van der Waals surface area contributed by atoms with Crippen molar-refractivity contribution in [1.29, 1.82) is 0 Å². The molecule has 0 aromatic carbocycles. The van der Waals surface area contributed by atoms with Gasteiger partial charge in [0.1, 0.15) is 0 Å². The number of fused-ring (bicyclic) bond motifs is 1. The molecule has 2 aromatic heterocycles. The van der Waals surface area contributed by atoms with Gasteiger partial charge in [-0.25, -0.2) is 13.6 Å². The molecule has 0 saturated carbocycles. The van der Waals surface area contributed by atoms with Crippen LogP contribution in [0.1, 0.15) is 17.4 Å². The number of hydrogen-bond acceptors (Lipinski definition) is 2. The molecule has 0 radical (unpaired) electrons. The Bertz CT molecular complexity index is 548. The highest BCUT2D eigenvalue weighted by Crippen LogP contribution is 2.21. The highest BCUT2D eigenvalue weighted by molar-refractivity contribution is 5.89. The summed E-state index contributed by atoms with van der Waals surface area (Å²) in [5.74, 6) is -3.08. The van der Waals surface area contributed by atoms with E-state index in [1.165, 1.54) is 12.3 Å². The van der Waals surface area contributed by atoms with Crippen molar-refractivity contribution in [1.82, 2.24) is 4.40 Å². The molecule has 0 atom stereocenters. The first-order valence-electron chi connectivity index (χ1n) is 4.78. The Balaban J connectivity index is 2.68. The summed E-state index contributed by atoms with van der Waals surface area (Å²) in [7, 11) is 0. The lowest BCUT2D eigenvalue weighted by Crippen LogP contribution is -2.09. The third kappa shape index (κ3) is 1.44. The average Bonchev–Trinajstić information content (AvgIpc) is 2.53. The first kappa shape index (κ1) is 10.6. The van der Waals surface area contributed by atoms with Gasteiger partial charge in [-0.15, -0.1) is 0 Å². The fourth-order valence-electron chi connectivity index (χ4n) is 1.53. The number of carbonyl (C=O) groups excluding carboxylic acids is 1. The largest absolute Gasteiger partial charge is 0.461 e. The monoisotopic (exact) mass is 225 g/mol. The third-order valence-corrected chi connectivity index (χ3v) is 2.20. The van der Waals surface area contributed by atoms with Crippen molar-refractivity contribution in [3.8, 4) is 0 Å². The number of esters is 1. The minimum absolute atomic E-state index is 0.0167. The smallest absolute Gasteiger partial charge is 0.358 e. The molecule has 0 N–H and O–H groups in total. The van der Waals surface area contributed by atoms with Crippen molar-refractivity contribution in [3.63, 3.8) is 0 Å². The lowest BCUT2D eigenvalue weighted by molar-refractivity contribution is 0.0512. The molecule has 0 fully saturated rings. The fraction of sp³-hybridized carbons (Fsp3) is 0.182. The summed E-state index contributed by atoms with van der Waals surface area (Å²) >= 11 is 0. The minimum Gasteiger partial charge on any atom is -0.461 e. The summed E-state index contributed by atoms with van der Waals surface area (Å²) in [6.07, 6.45) is 1.41. The van der Waals surface area contributed by atoms with Gasteiger partial charge in [-0.2, -0.15) is 0 Å². The Morgan fingerprint density at radius 3 is 2.81 bits per heavy atom. The Labute approximate surface area is 90.3 Å². The Hall–Kier alpha value is -1.91. The number of carbonyl (C=O) groups is 1. The zero-order valence-electron chi connectivity index (χ0n) is 8.54. The maximum Gasteiger partial charge on any atom is 0.358 e. The minimum atomic E-state index is -1.18. The number of ether oxygens (including phenoxy) is 1. The molecule has 0 aliphatic heterocycles. The number of pyridine rings is 1. The van der Waals surface area contributed by atoms with E-state index in [0.717, 1.165) is 4.40 Å². The van der Waals surface area contributed by atoms with E-state index in [0.29, 0.717) is 0 Å². The Kier molecular flexibility index (Phi) is 2.60. The van der Waals surface area contributed by atoms with E-state index < -0.39 is 23.3 Å². The number of hydrogen-bond donors (Lipinski definition) is 0. The van der Waals surface area contributed by atoms with Gasteiger partial charge < -0.3 is 9.14 Å². The van der Waals surface area contributed by atoms with Crippen LogP contribution in [0.15, 0.2) is 24.4 Å². The zero-order valence-corrected chi connectivity index (χ0v) is 8.54. The van der Waals surface area contributed by atoms with Crippen LogP contribution >= 0.6 is 0 Å². The van der Waals surface area contributed by atoms with Gasteiger partial charge in [-0.05, 0) is 19.1 Å². The molecule has 0 bridgehead atoms. The first-order chi connectivity index (χ1) is 7.66. The number of aromatic nitrogens is 1. The predicted octanol–water partition coefficient (Wildman–Crippen LogP) is 2.39. The van der Waals surface area contributed by atoms with Crippen LogP contribution in [0.4, 0.5) is 8.78 Å². The number of nitrogens with zero attached hydrogens (tertiary/aromatic N) is 1. The first-order valence-corrected chi connectivity index (χ1v) is 4.78. The lowest BCUT2D eigenvalue weighted by Gasteiger charge is -2.01. The van der Waals surface area contributed by atoms with Crippen LogP contribution in [-0.2, 0) is 4.74 Å². The maximum absolute atomic E-state index is 13.5. The molecule has 0 spiro atoms. The Morgan fingerprint density at radius 1 is 1.38 bits per heavy atom. The van der Waals surface area contributed by atoms with Crippen LogP contribution in [0.25, 0.3) is 5.52 Å². The molecule has 0 amide bonds. The van der Waals surface area contributed by atoms with E-state index >= 15 is 0 Å². The van der Waals surface area contributed by atoms with Crippen LogP contribution in [0.2, 0.25) is 0 Å². The second-order valence-electron chi connectivity index (χ2n) is 3.15. The van der Waals surface area contributed by atoms with Crippen LogP contribution in [0.3, 0.4) is 0 Å². The van der Waals surface area contributed by atoms with Crippen LogP contribution < -0.4 is 0 Å². The van der Waals surface area contributed by atoms with Gasteiger partial charge in [0.05, 0.1) is 12.1 Å². The molecule has 0 unspecified atom stereocenters. The highest BCUT2D eigenvalue weighted by atomic mass is 19.2. The molecule has 0 aliphatic carbocycles. The van der Waals surface area contributed by atoms with E-state index in [2.05, 4.69) is 4.74 Å². The Morgan fingerprint density at radius 2 is 2.12 bits per heavy atom. The molecule has 2 heterocycles. The molecule has 0 saturated heterocycles. The molecule has 3 nitrogen and oxygen atoms in total. The summed E-state index contributed by atoms with van der Waals surface area (Å²) in [5, 5.41) is 0. The van der Waals surface area contributed by atoms with Gasteiger partial charge in [0.15, 0.2) is 17.3 Å². The lowest BCUT2D eigenvalue weighted by atomic mass is 10.4. The van der Waals surface area contributed by atoms with Crippen molar-refractivity contribution in [2.45, 2.75) is 6.92 Å². The maximum atomic E-state index is 13.5. The fourth-order valence-corrected chi connectivity index (χ4v) is 1.53. The van der Waals surface area contributed by atoms with Gasteiger partial charge >= 0.3 is 5.97 Å². The van der Waals surface area contributed by atoms with Gasteiger partial charge in [0, 0.05) is 6.20 Å². The van der Waals surface area contributed by atoms with Crippen molar-refractivity contribution in [2.24, 2.45) is 0 Å². The van der Waals surface area contributed by atoms with E-state index in [4.69, 9.17) is 0 Å². The van der Waals surface area contributed by atoms with E-state index in [-0.39, 0.29) is 12.1 Å². The average molecular weight is 225 g/mol. The van der Waals surface area contributed by atoms with Gasteiger partial charge in [0.2, 0.25) is 0 Å². The molecular formula is C11H9F2NO2. The van der Waals surface area contributed by atoms with E-state index in [1.54, 1.807) is 19.1 Å². The summed E-state index contributed by atoms with van der Waals surface area (Å²) in [5.41, 5.74) is -0.391. The predicted molar refractivity (Wildman–Crippen MR) is 53.3 cm³/mol. The van der Waals surface area contributed by atoms with E-state index in [1.807, 2.05) is 0 Å². The topological polar surface area (TPSA) is 30.7 Å². The van der Waals surface area contributed by atoms with Crippen LogP contribution in [0.5, 0.6) is 0 Å². The standard InChI is InChI=1S/C11H9F2NO2/c1-2-16-11(15)10-9(13)8(12)7-5-3-4-6-14(7)10/h3-6H,2H2,1H3. The van der Waals surface area contributed by atoms with Gasteiger partial charge in [0.25, 0.3) is 0 Å². The zero-order chi connectivity index (χ0) is 11.7. The molecule has 16 heavy (non-hydrogen) atoms. The van der Waals surface area contributed by atoms with Gasteiger partial charge in [-0.1, -0.05) is 6.07 Å². The quantitative estimate of drug-likeness (QED) is 0.735. The number of halogens is 2. The summed E-state index contributed by atoms with van der Waals surface area (Å²) in [4.78, 5) is 11.4. The van der Waals surface area contributed by atoms with Crippen LogP contribution in [0, 0.1) is 11.6 Å². The number of rotatable bonds is 2. The summed E-state index contributed by atoms with van der Waals surface area (Å²) < 4.78 is 32.7. The normalized spacial score (nSPS) is 10.7. The van der Waals surface area contributed by atoms with E-state index in [9.17, 15) is 13.6 Å². The molecule has 5 heteroatoms. The molecule has 2 rings (SSSR count).